The summed E-state index contributed by atoms with van der Waals surface area (Å²) in [6.45, 7) is 15.7. The number of fused-ring (bicyclic) bond motifs is 2. The van der Waals surface area contributed by atoms with Gasteiger partial charge in [0.25, 0.3) is 0 Å². The molecule has 0 aliphatic heterocycles. The van der Waals surface area contributed by atoms with Gasteiger partial charge in [0.1, 0.15) is 0 Å². The van der Waals surface area contributed by atoms with E-state index >= 15 is 0 Å². The van der Waals surface area contributed by atoms with Crippen LogP contribution in [0.15, 0.2) is 12.7 Å². The average Bonchev–Trinajstić information content (AvgIpc) is 2.12. The molecule has 0 radical (unpaired) electrons. The maximum atomic E-state index is 6.50. The first-order valence-electron chi connectivity index (χ1n) is 6.55. The lowest BCUT2D eigenvalue weighted by Gasteiger charge is -2.65. The van der Waals surface area contributed by atoms with Gasteiger partial charge in [0.2, 0.25) is 0 Å². The van der Waals surface area contributed by atoms with Crippen LogP contribution >= 0.6 is 0 Å². The smallest absolute Gasteiger partial charge is 0.184 e. The summed E-state index contributed by atoms with van der Waals surface area (Å²) in [7, 11) is -1.44. The second-order valence-electron chi connectivity index (χ2n) is 7.12. The predicted octanol–water partition coefficient (Wildman–Crippen LogP) is 4.22. The molecule has 0 amide bonds. The van der Waals surface area contributed by atoms with Gasteiger partial charge in [-0.15, -0.1) is 6.58 Å². The summed E-state index contributed by atoms with van der Waals surface area (Å²) in [6, 6.07) is 0. The van der Waals surface area contributed by atoms with Gasteiger partial charge in [0, 0.05) is 0 Å². The molecule has 0 heterocycles. The van der Waals surface area contributed by atoms with Crippen LogP contribution in [0.5, 0.6) is 0 Å². The summed E-state index contributed by atoms with van der Waals surface area (Å²) in [5.74, 6) is 1.57. The van der Waals surface area contributed by atoms with Crippen molar-refractivity contribution in [2.24, 2.45) is 17.3 Å². The Hall–Kier alpha value is -0.0831. The van der Waals surface area contributed by atoms with E-state index in [-0.39, 0.29) is 5.60 Å². The SMILES string of the molecule is C=C[C@@]1(C)[C@H]2CC[C@@](C)(O[Si](C)(C)C)[C@@H]1C2. The van der Waals surface area contributed by atoms with E-state index in [1.807, 2.05) is 0 Å². The van der Waals surface area contributed by atoms with Gasteiger partial charge in [0.05, 0.1) is 5.60 Å². The zero-order chi connectivity index (χ0) is 12.2. The molecule has 1 nitrogen and oxygen atoms in total. The third-order valence-corrected chi connectivity index (χ3v) is 5.93. The van der Waals surface area contributed by atoms with Crippen LogP contribution in [-0.4, -0.2) is 13.9 Å². The highest BCUT2D eigenvalue weighted by atomic mass is 28.4. The van der Waals surface area contributed by atoms with Crippen molar-refractivity contribution in [1.29, 1.82) is 0 Å². The minimum Gasteiger partial charge on any atom is -0.412 e. The minimum atomic E-state index is -1.44. The van der Waals surface area contributed by atoms with Crippen molar-refractivity contribution in [3.05, 3.63) is 12.7 Å². The first kappa shape index (κ1) is 12.4. The van der Waals surface area contributed by atoms with E-state index < -0.39 is 8.32 Å². The quantitative estimate of drug-likeness (QED) is 0.528. The van der Waals surface area contributed by atoms with Gasteiger partial charge in [-0.2, -0.15) is 0 Å². The van der Waals surface area contributed by atoms with Gasteiger partial charge in [0.15, 0.2) is 8.32 Å². The van der Waals surface area contributed by atoms with Crippen LogP contribution < -0.4 is 0 Å². The zero-order valence-corrected chi connectivity index (χ0v) is 12.5. The molecular weight excluding hydrogens is 212 g/mol. The summed E-state index contributed by atoms with van der Waals surface area (Å²) >= 11 is 0. The lowest BCUT2D eigenvalue weighted by atomic mass is 9.44. The minimum absolute atomic E-state index is 0.113. The molecular formula is C14H26OSi. The first-order chi connectivity index (χ1) is 7.21. The Bertz CT molecular complexity index is 304. The second-order valence-corrected chi connectivity index (χ2v) is 11.6. The van der Waals surface area contributed by atoms with E-state index in [0.717, 1.165) is 5.92 Å². The van der Waals surface area contributed by atoms with Gasteiger partial charge in [-0.1, -0.05) is 13.0 Å². The number of hydrogen-bond acceptors (Lipinski definition) is 1. The Labute approximate surface area is 101 Å². The van der Waals surface area contributed by atoms with E-state index in [9.17, 15) is 0 Å². The molecule has 2 bridgehead atoms. The van der Waals surface area contributed by atoms with Crippen LogP contribution in [0.4, 0.5) is 0 Å². The van der Waals surface area contributed by atoms with Crippen molar-refractivity contribution < 1.29 is 4.43 Å². The molecule has 0 aromatic rings. The normalized spacial score (nSPS) is 47.3. The van der Waals surface area contributed by atoms with Crippen LogP contribution in [0.25, 0.3) is 0 Å². The van der Waals surface area contributed by atoms with Gasteiger partial charge < -0.3 is 4.43 Å². The summed E-state index contributed by atoms with van der Waals surface area (Å²) < 4.78 is 6.50. The molecule has 3 aliphatic rings. The van der Waals surface area contributed by atoms with Crippen molar-refractivity contribution in [3.63, 3.8) is 0 Å². The number of allylic oxidation sites excluding steroid dienone is 1. The van der Waals surface area contributed by atoms with Crippen molar-refractivity contribution in [2.75, 3.05) is 0 Å². The van der Waals surface area contributed by atoms with Gasteiger partial charge in [-0.05, 0) is 63.1 Å². The Morgan fingerprint density at radius 3 is 2.38 bits per heavy atom. The van der Waals surface area contributed by atoms with Crippen molar-refractivity contribution in [2.45, 2.75) is 58.4 Å². The largest absolute Gasteiger partial charge is 0.412 e. The molecule has 16 heavy (non-hydrogen) atoms. The highest BCUT2D eigenvalue weighted by Crippen LogP contribution is 2.64. The Morgan fingerprint density at radius 1 is 1.31 bits per heavy atom. The monoisotopic (exact) mass is 238 g/mol. The van der Waals surface area contributed by atoms with Crippen LogP contribution in [0.1, 0.15) is 33.1 Å². The number of hydrogen-bond donors (Lipinski definition) is 0. The van der Waals surface area contributed by atoms with E-state index in [4.69, 9.17) is 4.43 Å². The molecule has 4 atom stereocenters. The molecule has 3 rings (SSSR count). The van der Waals surface area contributed by atoms with Crippen molar-refractivity contribution in [1.82, 2.24) is 0 Å². The van der Waals surface area contributed by atoms with E-state index in [1.54, 1.807) is 0 Å². The molecule has 2 heteroatoms. The Morgan fingerprint density at radius 2 is 1.94 bits per heavy atom. The van der Waals surface area contributed by atoms with Crippen molar-refractivity contribution in [3.8, 4) is 0 Å². The third kappa shape index (κ3) is 1.70. The molecule has 0 N–H and O–H groups in total. The Balaban J connectivity index is 2.20. The highest BCUT2D eigenvalue weighted by Gasteiger charge is 2.61. The fraction of sp³-hybridized carbons (Fsp3) is 0.857. The third-order valence-electron chi connectivity index (χ3n) is 4.86. The van der Waals surface area contributed by atoms with E-state index in [0.29, 0.717) is 11.3 Å². The van der Waals surface area contributed by atoms with E-state index in [2.05, 4.69) is 46.1 Å². The standard InChI is InChI=1S/C14H26OSi/c1-7-13(2)11-8-9-14(3,12(13)10-11)15-16(4,5)6/h7,11-12H,1,8-10H2,2-6H3/t11-,12+,13-,14+/m0/s1. The molecule has 0 unspecified atom stereocenters. The molecule has 3 saturated carbocycles. The summed E-state index contributed by atoms with van der Waals surface area (Å²) in [6.07, 6.45) is 6.11. The topological polar surface area (TPSA) is 9.23 Å². The summed E-state index contributed by atoms with van der Waals surface area (Å²) in [5, 5.41) is 0. The van der Waals surface area contributed by atoms with E-state index in [1.165, 1.54) is 19.3 Å². The Kier molecular flexibility index (Phi) is 2.67. The molecule has 0 saturated heterocycles. The maximum absolute atomic E-state index is 6.50. The molecule has 3 aliphatic carbocycles. The van der Waals surface area contributed by atoms with Crippen LogP contribution in [0.2, 0.25) is 19.6 Å². The molecule has 0 aromatic heterocycles. The fourth-order valence-electron chi connectivity index (χ4n) is 4.02. The summed E-state index contributed by atoms with van der Waals surface area (Å²) in [4.78, 5) is 0. The van der Waals surface area contributed by atoms with Crippen LogP contribution in [0, 0.1) is 17.3 Å². The van der Waals surface area contributed by atoms with Gasteiger partial charge in [-0.25, -0.2) is 0 Å². The molecule has 0 aromatic carbocycles. The predicted molar refractivity (Wildman–Crippen MR) is 72.0 cm³/mol. The van der Waals surface area contributed by atoms with Crippen LogP contribution in [0.3, 0.4) is 0 Å². The first-order valence-corrected chi connectivity index (χ1v) is 9.96. The van der Waals surface area contributed by atoms with Crippen LogP contribution in [-0.2, 0) is 4.43 Å². The molecule has 92 valence electrons. The van der Waals surface area contributed by atoms with Gasteiger partial charge >= 0.3 is 0 Å². The maximum Gasteiger partial charge on any atom is 0.184 e. The lowest BCUT2D eigenvalue weighted by molar-refractivity contribution is -0.170. The second kappa shape index (κ2) is 3.46. The number of rotatable bonds is 3. The van der Waals surface area contributed by atoms with Gasteiger partial charge in [-0.3, -0.25) is 0 Å². The summed E-state index contributed by atoms with van der Waals surface area (Å²) in [5.41, 5.74) is 0.453. The molecule has 0 spiro atoms. The molecule has 3 fully saturated rings. The zero-order valence-electron chi connectivity index (χ0n) is 11.5. The highest BCUT2D eigenvalue weighted by molar-refractivity contribution is 6.69. The average molecular weight is 238 g/mol. The lowest BCUT2D eigenvalue weighted by Crippen LogP contribution is -2.63. The fourth-order valence-corrected chi connectivity index (χ4v) is 5.66. The van der Waals surface area contributed by atoms with Crippen molar-refractivity contribution >= 4 is 8.32 Å².